The lowest BCUT2D eigenvalue weighted by Gasteiger charge is -2.37. The molecular formula is C23H27ClN2O3S. The molecule has 1 fully saturated rings. The minimum absolute atomic E-state index is 0.000920. The second-order valence-electron chi connectivity index (χ2n) is 7.95. The molecule has 160 valence electrons. The van der Waals surface area contributed by atoms with Crippen molar-refractivity contribution in [3.63, 3.8) is 0 Å². The van der Waals surface area contributed by atoms with Crippen molar-refractivity contribution in [3.8, 4) is 5.75 Å². The second kappa shape index (κ2) is 9.40. The van der Waals surface area contributed by atoms with Gasteiger partial charge in [-0.15, -0.1) is 11.3 Å². The average Bonchev–Trinajstić information content (AvgIpc) is 3.49. The Bertz CT molecular complexity index is 894. The number of hydrogen-bond acceptors (Lipinski definition) is 4. The monoisotopic (exact) mass is 446 g/mol. The van der Waals surface area contributed by atoms with Crippen molar-refractivity contribution in [2.24, 2.45) is 5.92 Å². The van der Waals surface area contributed by atoms with Gasteiger partial charge in [0.15, 0.2) is 0 Å². The average molecular weight is 447 g/mol. The Morgan fingerprint density at radius 2 is 2.00 bits per heavy atom. The van der Waals surface area contributed by atoms with E-state index in [0.29, 0.717) is 24.7 Å². The van der Waals surface area contributed by atoms with E-state index in [1.807, 2.05) is 24.0 Å². The topological polar surface area (TPSA) is 49.9 Å². The minimum atomic E-state index is -0.150. The molecule has 1 atom stereocenters. The fraction of sp³-hybridized carbons (Fsp3) is 0.478. The van der Waals surface area contributed by atoms with Gasteiger partial charge in [0.2, 0.25) is 11.8 Å². The highest BCUT2D eigenvalue weighted by Gasteiger charge is 2.37. The van der Waals surface area contributed by atoms with E-state index in [2.05, 4.69) is 11.4 Å². The van der Waals surface area contributed by atoms with E-state index in [1.165, 1.54) is 4.88 Å². The Kier molecular flexibility index (Phi) is 6.64. The number of carbonyl (C=O) groups excluding carboxylic acids is 2. The number of carbonyl (C=O) groups is 2. The summed E-state index contributed by atoms with van der Waals surface area (Å²) < 4.78 is 6.03. The molecule has 1 aliphatic heterocycles. The van der Waals surface area contributed by atoms with Crippen LogP contribution in [0.25, 0.3) is 0 Å². The highest BCUT2D eigenvalue weighted by atomic mass is 35.5. The van der Waals surface area contributed by atoms with Crippen LogP contribution in [0.2, 0.25) is 5.02 Å². The van der Waals surface area contributed by atoms with Gasteiger partial charge in [-0.25, -0.2) is 0 Å². The predicted molar refractivity (Wildman–Crippen MR) is 119 cm³/mol. The third-order valence-corrected chi connectivity index (χ3v) is 6.94. The Morgan fingerprint density at radius 1 is 1.23 bits per heavy atom. The smallest absolute Gasteiger partial charge is 0.242 e. The van der Waals surface area contributed by atoms with Gasteiger partial charge in [-0.2, -0.15) is 0 Å². The molecule has 1 aliphatic carbocycles. The number of rotatable bonds is 8. The van der Waals surface area contributed by atoms with Crippen LogP contribution in [0.15, 0.2) is 35.7 Å². The van der Waals surface area contributed by atoms with Gasteiger partial charge in [-0.05, 0) is 67.0 Å². The largest absolute Gasteiger partial charge is 0.491 e. The van der Waals surface area contributed by atoms with Crippen LogP contribution in [-0.2, 0) is 16.0 Å². The fourth-order valence-corrected chi connectivity index (χ4v) is 5.01. The Hall–Kier alpha value is -2.05. The number of ether oxygens (including phenoxy) is 1. The zero-order valence-corrected chi connectivity index (χ0v) is 18.8. The van der Waals surface area contributed by atoms with Crippen LogP contribution in [0.1, 0.15) is 42.7 Å². The first-order valence-corrected chi connectivity index (χ1v) is 11.9. The molecule has 2 aromatic rings. The molecule has 2 amide bonds. The van der Waals surface area contributed by atoms with Gasteiger partial charge in [-0.3, -0.25) is 9.59 Å². The Balaban J connectivity index is 1.48. The molecule has 1 saturated carbocycles. The van der Waals surface area contributed by atoms with Crippen LogP contribution in [0.3, 0.4) is 0 Å². The SMILES string of the molecule is CCCN(CC(=O)N1CCc2sccc2[C@H]1COc1ccc(Cl)cc1)C(=O)C1CC1. The summed E-state index contributed by atoms with van der Waals surface area (Å²) in [7, 11) is 0. The van der Waals surface area contributed by atoms with Crippen molar-refractivity contribution in [1.29, 1.82) is 0 Å². The van der Waals surface area contributed by atoms with Crippen LogP contribution in [0.4, 0.5) is 0 Å². The lowest BCUT2D eigenvalue weighted by molar-refractivity contribution is -0.143. The highest BCUT2D eigenvalue weighted by Crippen LogP contribution is 2.35. The molecule has 1 aromatic heterocycles. The molecule has 0 unspecified atom stereocenters. The molecular weight excluding hydrogens is 420 g/mol. The second-order valence-corrected chi connectivity index (χ2v) is 9.39. The molecule has 7 heteroatoms. The van der Waals surface area contributed by atoms with E-state index >= 15 is 0 Å². The zero-order valence-electron chi connectivity index (χ0n) is 17.2. The van der Waals surface area contributed by atoms with Gasteiger partial charge in [-0.1, -0.05) is 18.5 Å². The number of halogens is 1. The number of thiophene rings is 1. The number of amides is 2. The van der Waals surface area contributed by atoms with Crippen molar-refractivity contribution in [2.45, 2.75) is 38.6 Å². The van der Waals surface area contributed by atoms with E-state index < -0.39 is 0 Å². The number of benzene rings is 1. The molecule has 0 spiro atoms. The van der Waals surface area contributed by atoms with Crippen molar-refractivity contribution in [3.05, 3.63) is 51.2 Å². The Morgan fingerprint density at radius 3 is 2.70 bits per heavy atom. The summed E-state index contributed by atoms with van der Waals surface area (Å²) in [6, 6.07) is 9.20. The molecule has 4 rings (SSSR count). The van der Waals surface area contributed by atoms with Crippen molar-refractivity contribution < 1.29 is 14.3 Å². The summed E-state index contributed by atoms with van der Waals surface area (Å²) >= 11 is 7.69. The first kappa shape index (κ1) is 21.2. The standard InChI is InChI=1S/C23H27ClN2O3S/c1-2-11-25(23(28)16-3-4-16)14-22(27)26-12-9-21-19(10-13-30-21)20(26)15-29-18-7-5-17(24)6-8-18/h5-8,10,13,16,20H,2-4,9,11-12,14-15H2,1H3/t20-/m1/s1. The van der Waals surface area contributed by atoms with E-state index in [0.717, 1.165) is 37.0 Å². The number of nitrogens with zero attached hydrogens (tertiary/aromatic N) is 2. The lowest BCUT2D eigenvalue weighted by Crippen LogP contribution is -2.48. The maximum absolute atomic E-state index is 13.3. The van der Waals surface area contributed by atoms with E-state index in [4.69, 9.17) is 16.3 Å². The molecule has 2 heterocycles. The first-order chi connectivity index (χ1) is 14.6. The third kappa shape index (κ3) is 4.81. The summed E-state index contributed by atoms with van der Waals surface area (Å²) in [5.74, 6) is 0.982. The van der Waals surface area contributed by atoms with Gasteiger partial charge in [0, 0.05) is 28.9 Å². The molecule has 0 bridgehead atoms. The van der Waals surface area contributed by atoms with Gasteiger partial charge in [0.1, 0.15) is 12.4 Å². The summed E-state index contributed by atoms with van der Waals surface area (Å²) in [5.41, 5.74) is 1.16. The van der Waals surface area contributed by atoms with Crippen LogP contribution < -0.4 is 4.74 Å². The third-order valence-electron chi connectivity index (χ3n) is 5.69. The number of fused-ring (bicyclic) bond motifs is 1. The molecule has 30 heavy (non-hydrogen) atoms. The quantitative estimate of drug-likeness (QED) is 0.597. The normalized spacial score (nSPS) is 18.1. The van der Waals surface area contributed by atoms with Crippen LogP contribution in [0, 0.1) is 5.92 Å². The maximum Gasteiger partial charge on any atom is 0.242 e. The zero-order chi connectivity index (χ0) is 21.1. The van der Waals surface area contributed by atoms with Gasteiger partial charge in [0.25, 0.3) is 0 Å². The Labute approximate surface area is 186 Å². The minimum Gasteiger partial charge on any atom is -0.491 e. The molecule has 0 N–H and O–H groups in total. The first-order valence-electron chi connectivity index (χ1n) is 10.6. The van der Waals surface area contributed by atoms with Crippen LogP contribution in [-0.4, -0.2) is 47.9 Å². The van der Waals surface area contributed by atoms with Crippen molar-refractivity contribution >= 4 is 34.8 Å². The summed E-state index contributed by atoms with van der Waals surface area (Å²) in [5, 5.41) is 2.74. The van der Waals surface area contributed by atoms with Crippen LogP contribution in [0.5, 0.6) is 5.75 Å². The van der Waals surface area contributed by atoms with Crippen molar-refractivity contribution in [2.75, 3.05) is 26.2 Å². The van der Waals surface area contributed by atoms with E-state index in [9.17, 15) is 9.59 Å². The number of hydrogen-bond donors (Lipinski definition) is 0. The molecule has 5 nitrogen and oxygen atoms in total. The summed E-state index contributed by atoms with van der Waals surface area (Å²) in [6.07, 6.45) is 3.60. The highest BCUT2D eigenvalue weighted by molar-refractivity contribution is 7.10. The fourth-order valence-electron chi connectivity index (χ4n) is 3.96. The molecule has 2 aliphatic rings. The lowest BCUT2D eigenvalue weighted by atomic mass is 10.0. The predicted octanol–water partition coefficient (Wildman–Crippen LogP) is 4.55. The molecule has 1 aromatic carbocycles. The summed E-state index contributed by atoms with van der Waals surface area (Å²) in [4.78, 5) is 30.9. The van der Waals surface area contributed by atoms with E-state index in [1.54, 1.807) is 28.4 Å². The van der Waals surface area contributed by atoms with Crippen LogP contribution >= 0.6 is 22.9 Å². The maximum atomic E-state index is 13.3. The van der Waals surface area contributed by atoms with Gasteiger partial charge < -0.3 is 14.5 Å². The van der Waals surface area contributed by atoms with E-state index in [-0.39, 0.29) is 30.3 Å². The summed E-state index contributed by atoms with van der Waals surface area (Å²) in [6.45, 7) is 3.85. The van der Waals surface area contributed by atoms with Gasteiger partial charge in [0.05, 0.1) is 12.6 Å². The van der Waals surface area contributed by atoms with Gasteiger partial charge >= 0.3 is 0 Å². The molecule has 0 radical (unpaired) electrons. The van der Waals surface area contributed by atoms with Crippen molar-refractivity contribution in [1.82, 2.24) is 9.80 Å². The molecule has 0 saturated heterocycles.